The summed E-state index contributed by atoms with van der Waals surface area (Å²) < 4.78 is 13.0. The quantitative estimate of drug-likeness (QED) is 0.430. The molecule has 5 fully saturated rings. The zero-order valence-electron chi connectivity index (χ0n) is 17.3. The third-order valence-electron chi connectivity index (χ3n) is 8.03. The molecular formula is C24H24Cl2NO4+. The molecule has 0 aromatic heterocycles. The van der Waals surface area contributed by atoms with Crippen molar-refractivity contribution in [3.63, 3.8) is 0 Å². The van der Waals surface area contributed by atoms with Crippen LogP contribution in [-0.4, -0.2) is 59.5 Å². The minimum Gasteiger partial charge on any atom is -0.459 e. The highest BCUT2D eigenvalue weighted by atomic mass is 35.5. The fraction of sp³-hybridized carbons (Fsp3) is 0.458. The van der Waals surface area contributed by atoms with E-state index in [0.29, 0.717) is 39.2 Å². The maximum atomic E-state index is 13.6. The Balaban J connectivity index is 1.33. The lowest BCUT2D eigenvalue weighted by Crippen LogP contribution is -2.51. The van der Waals surface area contributed by atoms with Crippen molar-refractivity contribution in [3.8, 4) is 0 Å². The summed E-state index contributed by atoms with van der Waals surface area (Å²) in [6, 6.07) is 14.2. The first-order chi connectivity index (χ1) is 14.7. The Morgan fingerprint density at radius 1 is 1.13 bits per heavy atom. The Morgan fingerprint density at radius 2 is 1.74 bits per heavy atom. The van der Waals surface area contributed by atoms with Crippen LogP contribution in [-0.2, 0) is 19.9 Å². The molecule has 2 saturated carbocycles. The van der Waals surface area contributed by atoms with Crippen molar-refractivity contribution in [1.82, 2.24) is 0 Å². The Hall–Kier alpha value is -1.63. The predicted octanol–water partition coefficient (Wildman–Crippen LogP) is 3.53. The van der Waals surface area contributed by atoms with E-state index in [1.54, 1.807) is 48.5 Å². The molecular weight excluding hydrogens is 437 g/mol. The summed E-state index contributed by atoms with van der Waals surface area (Å²) >= 11 is 12.4. The standard InChI is InChI=1S/C24H24Cl2NO4/c1-27(2)19-12-17(11-18-20(27)24(18)21(19)31-24)30-22(28)23(29,13-5-3-7-15(25)9-13)14-6-4-8-16(26)10-14/h3-10,17-21,29H,11-12H2,1-2H3/q+1/t17-,18?,19?,20+,21?,24?/m1/s1. The molecule has 3 aliphatic heterocycles. The van der Waals surface area contributed by atoms with Crippen LogP contribution in [0.1, 0.15) is 24.0 Å². The largest absolute Gasteiger partial charge is 0.459 e. The van der Waals surface area contributed by atoms with Crippen LogP contribution < -0.4 is 0 Å². The Morgan fingerprint density at radius 3 is 2.26 bits per heavy atom. The highest BCUT2D eigenvalue weighted by Crippen LogP contribution is 2.76. The number of aliphatic hydroxyl groups is 1. The van der Waals surface area contributed by atoms with Gasteiger partial charge in [-0.2, -0.15) is 0 Å². The second-order valence-corrected chi connectivity index (χ2v) is 10.7. The molecule has 4 unspecified atom stereocenters. The summed E-state index contributed by atoms with van der Waals surface area (Å²) in [6.45, 7) is 0. The fourth-order valence-corrected chi connectivity index (χ4v) is 6.98. The molecule has 4 bridgehead atoms. The number of morpholine rings is 1. The van der Waals surface area contributed by atoms with Crippen molar-refractivity contribution in [2.45, 2.75) is 48.3 Å². The van der Waals surface area contributed by atoms with E-state index in [9.17, 15) is 9.90 Å². The molecule has 3 saturated heterocycles. The third kappa shape index (κ3) is 2.58. The van der Waals surface area contributed by atoms with Crippen LogP contribution in [0.5, 0.6) is 0 Å². The van der Waals surface area contributed by atoms with E-state index in [-0.39, 0.29) is 17.8 Å². The number of fused-ring (bicyclic) bond motifs is 2. The van der Waals surface area contributed by atoms with Crippen LogP contribution in [0, 0.1) is 5.92 Å². The molecule has 162 valence electrons. The summed E-state index contributed by atoms with van der Waals surface area (Å²) in [7, 11) is 4.51. The molecule has 31 heavy (non-hydrogen) atoms. The number of carbonyl (C=O) groups excluding carboxylic acids is 1. The van der Waals surface area contributed by atoms with Gasteiger partial charge in [0.05, 0.1) is 20.0 Å². The monoisotopic (exact) mass is 460 g/mol. The van der Waals surface area contributed by atoms with E-state index in [1.807, 2.05) is 0 Å². The zero-order chi connectivity index (χ0) is 21.8. The lowest BCUT2D eigenvalue weighted by molar-refractivity contribution is -0.922. The van der Waals surface area contributed by atoms with Gasteiger partial charge in [-0.05, 0) is 30.7 Å². The number of benzene rings is 2. The van der Waals surface area contributed by atoms with Crippen molar-refractivity contribution in [2.24, 2.45) is 5.92 Å². The first-order valence-corrected chi connectivity index (χ1v) is 11.4. The molecule has 1 N–H and O–H groups in total. The first kappa shape index (κ1) is 20.0. The molecule has 1 spiro atoms. The number of ether oxygens (including phenoxy) is 2. The highest BCUT2D eigenvalue weighted by Gasteiger charge is 2.96. The second-order valence-electron chi connectivity index (χ2n) is 9.87. The van der Waals surface area contributed by atoms with Crippen LogP contribution in [0.4, 0.5) is 0 Å². The Labute approximate surface area is 191 Å². The van der Waals surface area contributed by atoms with Crippen LogP contribution in [0.15, 0.2) is 48.5 Å². The summed E-state index contributed by atoms with van der Waals surface area (Å²) in [6.07, 6.45) is 1.53. The van der Waals surface area contributed by atoms with Crippen molar-refractivity contribution in [2.75, 3.05) is 14.1 Å². The van der Waals surface area contributed by atoms with Crippen molar-refractivity contribution in [3.05, 3.63) is 69.7 Å². The van der Waals surface area contributed by atoms with E-state index in [1.165, 1.54) is 0 Å². The molecule has 7 rings (SSSR count). The maximum Gasteiger partial charge on any atom is 0.347 e. The van der Waals surface area contributed by atoms with E-state index in [4.69, 9.17) is 32.7 Å². The number of halogens is 2. The fourth-order valence-electron chi connectivity index (χ4n) is 6.60. The van der Waals surface area contributed by atoms with Gasteiger partial charge in [-0.3, -0.25) is 0 Å². The van der Waals surface area contributed by atoms with E-state index >= 15 is 0 Å². The van der Waals surface area contributed by atoms with Gasteiger partial charge in [0.15, 0.2) is 5.60 Å². The molecule has 0 amide bonds. The molecule has 2 aromatic rings. The summed E-state index contributed by atoms with van der Waals surface area (Å²) in [5, 5.41) is 12.6. The average molecular weight is 461 g/mol. The third-order valence-corrected chi connectivity index (χ3v) is 8.50. The number of rotatable bonds is 4. The molecule has 5 nitrogen and oxygen atoms in total. The smallest absolute Gasteiger partial charge is 0.347 e. The minimum atomic E-state index is -2.00. The lowest BCUT2D eigenvalue weighted by atomic mass is 9.86. The summed E-state index contributed by atoms with van der Waals surface area (Å²) in [5.74, 6) is -0.287. The number of epoxide rings is 1. The highest BCUT2D eigenvalue weighted by molar-refractivity contribution is 6.31. The average Bonchev–Trinajstić information content (AvgIpc) is 3.58. The number of quaternary nitrogens is 1. The zero-order valence-corrected chi connectivity index (χ0v) is 18.8. The van der Waals surface area contributed by atoms with Crippen LogP contribution in [0.3, 0.4) is 0 Å². The predicted molar refractivity (Wildman–Crippen MR) is 116 cm³/mol. The Bertz CT molecular complexity index is 1060. The normalized spacial score (nSPS) is 36.4. The van der Waals surface area contributed by atoms with Gasteiger partial charge in [0.1, 0.15) is 24.3 Å². The van der Waals surface area contributed by atoms with Crippen LogP contribution >= 0.6 is 23.2 Å². The molecule has 3 heterocycles. The number of nitrogens with zero attached hydrogens (tertiary/aromatic N) is 1. The van der Waals surface area contributed by atoms with E-state index < -0.39 is 11.6 Å². The SMILES string of the molecule is C[N+]1(C)C2C[C@H](OC(=O)C(O)(c3cccc(Cl)c3)c3cccc(Cl)c3)CC3[C@H]1C31OC21. The molecule has 2 aliphatic carbocycles. The van der Waals surface area contributed by atoms with E-state index in [0.717, 1.165) is 17.3 Å². The van der Waals surface area contributed by atoms with Gasteiger partial charge in [0.25, 0.3) is 0 Å². The topological polar surface area (TPSA) is 59.1 Å². The van der Waals surface area contributed by atoms with Gasteiger partial charge in [0, 0.05) is 27.6 Å². The molecule has 7 heteroatoms. The molecule has 6 atom stereocenters. The van der Waals surface area contributed by atoms with Crippen LogP contribution in [0.25, 0.3) is 0 Å². The van der Waals surface area contributed by atoms with Gasteiger partial charge in [-0.1, -0.05) is 47.5 Å². The molecule has 0 radical (unpaired) electrons. The number of hydrogen-bond acceptors (Lipinski definition) is 4. The van der Waals surface area contributed by atoms with Gasteiger partial charge in [-0.25, -0.2) is 4.79 Å². The molecule has 2 aromatic carbocycles. The minimum absolute atomic E-state index is 0.0194. The maximum absolute atomic E-state index is 13.6. The lowest BCUT2D eigenvalue weighted by Gasteiger charge is -2.35. The van der Waals surface area contributed by atoms with Crippen LogP contribution in [0.2, 0.25) is 10.0 Å². The number of esters is 1. The summed E-state index contributed by atoms with van der Waals surface area (Å²) in [5.41, 5.74) is -1.27. The first-order valence-electron chi connectivity index (χ1n) is 10.7. The second kappa shape index (κ2) is 6.24. The van der Waals surface area contributed by atoms with Crippen molar-refractivity contribution >= 4 is 29.2 Å². The van der Waals surface area contributed by atoms with Crippen molar-refractivity contribution in [1.29, 1.82) is 0 Å². The van der Waals surface area contributed by atoms with E-state index in [2.05, 4.69) is 14.1 Å². The van der Waals surface area contributed by atoms with Gasteiger partial charge in [0.2, 0.25) is 5.60 Å². The summed E-state index contributed by atoms with van der Waals surface area (Å²) in [4.78, 5) is 13.6. The Kier molecular flexibility index (Phi) is 4.03. The number of hydrogen-bond donors (Lipinski definition) is 1. The number of likely N-dealkylation sites (N-methyl/N-ethyl adjacent to an activating group) is 1. The van der Waals surface area contributed by atoms with Gasteiger partial charge in [-0.15, -0.1) is 0 Å². The van der Waals surface area contributed by atoms with Gasteiger partial charge >= 0.3 is 5.97 Å². The molecule has 5 aliphatic rings. The number of piperidine rings is 1. The van der Waals surface area contributed by atoms with Crippen molar-refractivity contribution < 1.29 is 23.9 Å². The van der Waals surface area contributed by atoms with Gasteiger partial charge < -0.3 is 19.1 Å². The number of carbonyl (C=O) groups is 1.